The molecule has 0 unspecified atom stereocenters. The van der Waals surface area contributed by atoms with E-state index >= 15 is 0 Å². The number of ether oxygens (including phenoxy) is 1. The Morgan fingerprint density at radius 3 is 2.48 bits per heavy atom. The second kappa shape index (κ2) is 6.35. The van der Waals surface area contributed by atoms with Crippen LogP contribution in [0.15, 0.2) is 61.1 Å². The van der Waals surface area contributed by atoms with Crippen molar-refractivity contribution in [3.63, 3.8) is 0 Å². The van der Waals surface area contributed by atoms with Gasteiger partial charge in [-0.1, -0.05) is 35.9 Å². The van der Waals surface area contributed by atoms with Crippen molar-refractivity contribution in [2.24, 2.45) is 0 Å². The van der Waals surface area contributed by atoms with Crippen LogP contribution >= 0.6 is 11.6 Å². The molecule has 27 heavy (non-hydrogen) atoms. The number of benzene rings is 1. The quantitative estimate of drug-likeness (QED) is 0.652. The Hall–Kier alpha value is -2.92. The van der Waals surface area contributed by atoms with Crippen molar-refractivity contribution in [2.75, 3.05) is 11.9 Å². The Bertz CT molecular complexity index is 1010. The standard InChI is InChI=1S/C21H17ClN4O/c22-18-16(12-25-19-17(18)21(13-26-19)8-1-2-9-21)14-4-6-15(7-5-14)27-20-23-10-3-11-24-20/h1-7,10-12H,8-9,13H2,(H,25,26). The van der Waals surface area contributed by atoms with E-state index in [1.165, 1.54) is 0 Å². The van der Waals surface area contributed by atoms with Crippen LogP contribution in [0.1, 0.15) is 18.4 Å². The topological polar surface area (TPSA) is 59.9 Å². The predicted octanol–water partition coefficient (Wildman–Crippen LogP) is 5.00. The van der Waals surface area contributed by atoms with Crippen LogP contribution in [0, 0.1) is 0 Å². The summed E-state index contributed by atoms with van der Waals surface area (Å²) in [5, 5.41) is 4.21. The minimum atomic E-state index is 0.0448. The number of allylic oxidation sites excluding steroid dienone is 2. The van der Waals surface area contributed by atoms with Crippen molar-refractivity contribution in [3.8, 4) is 22.9 Å². The molecule has 0 bridgehead atoms. The second-order valence-corrected chi connectivity index (χ2v) is 7.26. The number of nitrogens with zero attached hydrogens (tertiary/aromatic N) is 3. The third kappa shape index (κ3) is 2.75. The van der Waals surface area contributed by atoms with E-state index in [2.05, 4.69) is 32.4 Å². The van der Waals surface area contributed by atoms with Gasteiger partial charge in [0.15, 0.2) is 0 Å². The lowest BCUT2D eigenvalue weighted by atomic mass is 9.80. The molecule has 3 heterocycles. The first-order chi connectivity index (χ1) is 13.3. The van der Waals surface area contributed by atoms with Crippen molar-refractivity contribution in [2.45, 2.75) is 18.3 Å². The van der Waals surface area contributed by atoms with E-state index in [0.29, 0.717) is 11.8 Å². The summed E-state index contributed by atoms with van der Waals surface area (Å²) >= 11 is 6.87. The molecule has 2 aliphatic rings. The molecular formula is C21H17ClN4O. The Balaban J connectivity index is 1.47. The van der Waals surface area contributed by atoms with E-state index in [1.54, 1.807) is 18.5 Å². The number of hydrogen-bond acceptors (Lipinski definition) is 5. The molecule has 0 atom stereocenters. The van der Waals surface area contributed by atoms with Crippen molar-refractivity contribution in [3.05, 3.63) is 71.7 Å². The summed E-state index contributed by atoms with van der Waals surface area (Å²) in [6.45, 7) is 0.884. The highest BCUT2D eigenvalue weighted by atomic mass is 35.5. The molecule has 0 radical (unpaired) electrons. The summed E-state index contributed by atoms with van der Waals surface area (Å²) in [6.07, 6.45) is 11.6. The number of hydrogen-bond donors (Lipinski definition) is 1. The summed E-state index contributed by atoms with van der Waals surface area (Å²) in [4.78, 5) is 12.8. The lowest BCUT2D eigenvalue weighted by molar-refractivity contribution is 0.442. The summed E-state index contributed by atoms with van der Waals surface area (Å²) in [7, 11) is 0. The molecule has 5 rings (SSSR count). The molecule has 3 aromatic rings. The van der Waals surface area contributed by atoms with Crippen LogP contribution in [0.4, 0.5) is 5.82 Å². The number of anilines is 1. The third-order valence-corrected chi connectivity index (χ3v) is 5.63. The Morgan fingerprint density at radius 2 is 1.74 bits per heavy atom. The van der Waals surface area contributed by atoms with Crippen LogP contribution in [0.3, 0.4) is 0 Å². The number of nitrogens with one attached hydrogen (secondary N) is 1. The van der Waals surface area contributed by atoms with Gasteiger partial charge < -0.3 is 10.1 Å². The lowest BCUT2D eigenvalue weighted by Gasteiger charge is -2.24. The number of aromatic nitrogens is 3. The SMILES string of the molecule is Clc1c(-c2ccc(Oc3ncccn3)cc2)cnc2c1C1(CC=CC1)CN2. The summed E-state index contributed by atoms with van der Waals surface area (Å²) in [5.41, 5.74) is 3.13. The molecule has 0 saturated carbocycles. The summed E-state index contributed by atoms with van der Waals surface area (Å²) < 4.78 is 5.66. The normalized spacial score (nSPS) is 16.3. The molecule has 0 saturated heterocycles. The van der Waals surface area contributed by atoms with Gasteiger partial charge >= 0.3 is 6.01 Å². The number of rotatable bonds is 3. The Morgan fingerprint density at radius 1 is 1.00 bits per heavy atom. The number of pyridine rings is 1. The van der Waals surface area contributed by atoms with Gasteiger partial charge in [0.05, 0.1) is 5.02 Å². The molecule has 1 aliphatic heterocycles. The highest BCUT2D eigenvalue weighted by Gasteiger charge is 2.42. The fourth-order valence-corrected chi connectivity index (χ4v) is 4.29. The molecule has 0 amide bonds. The van der Waals surface area contributed by atoms with Crippen molar-refractivity contribution in [1.29, 1.82) is 0 Å². The van der Waals surface area contributed by atoms with E-state index in [1.807, 2.05) is 30.5 Å². The first kappa shape index (κ1) is 16.3. The van der Waals surface area contributed by atoms with E-state index < -0.39 is 0 Å². The average molecular weight is 377 g/mol. The maximum absolute atomic E-state index is 6.87. The molecule has 0 fully saturated rings. The van der Waals surface area contributed by atoms with Gasteiger partial charge in [0.2, 0.25) is 0 Å². The highest BCUT2D eigenvalue weighted by Crippen LogP contribution is 2.49. The first-order valence-corrected chi connectivity index (χ1v) is 9.26. The molecule has 134 valence electrons. The van der Waals surface area contributed by atoms with Crippen LogP contribution in [-0.2, 0) is 5.41 Å². The molecular weight excluding hydrogens is 360 g/mol. The summed E-state index contributed by atoms with van der Waals surface area (Å²) in [6, 6.07) is 9.82. The fraction of sp³-hybridized carbons (Fsp3) is 0.190. The number of halogens is 1. The van der Waals surface area contributed by atoms with Crippen molar-refractivity contribution in [1.82, 2.24) is 15.0 Å². The van der Waals surface area contributed by atoms with Crippen LogP contribution in [-0.4, -0.2) is 21.5 Å². The molecule has 1 aliphatic carbocycles. The smallest absolute Gasteiger partial charge is 0.321 e. The molecule has 1 N–H and O–H groups in total. The maximum Gasteiger partial charge on any atom is 0.321 e. The zero-order valence-electron chi connectivity index (χ0n) is 14.5. The lowest BCUT2D eigenvalue weighted by Crippen LogP contribution is -2.25. The van der Waals surface area contributed by atoms with Gasteiger partial charge in [-0.05, 0) is 36.6 Å². The zero-order chi connectivity index (χ0) is 18.3. The van der Waals surface area contributed by atoms with Gasteiger partial charge in [-0.2, -0.15) is 0 Å². The fourth-order valence-electron chi connectivity index (χ4n) is 3.85. The highest BCUT2D eigenvalue weighted by molar-refractivity contribution is 6.34. The second-order valence-electron chi connectivity index (χ2n) is 6.88. The van der Waals surface area contributed by atoms with Gasteiger partial charge in [-0.3, -0.25) is 0 Å². The summed E-state index contributed by atoms with van der Waals surface area (Å²) in [5.74, 6) is 1.59. The first-order valence-electron chi connectivity index (χ1n) is 8.88. The van der Waals surface area contributed by atoms with Crippen molar-refractivity contribution < 1.29 is 4.74 Å². The molecule has 1 spiro atoms. The predicted molar refractivity (Wildman–Crippen MR) is 105 cm³/mol. The molecule has 2 aromatic heterocycles. The van der Waals surface area contributed by atoms with Crippen LogP contribution < -0.4 is 10.1 Å². The molecule has 1 aromatic carbocycles. The Kier molecular flexibility index (Phi) is 3.83. The minimum Gasteiger partial charge on any atom is -0.424 e. The molecule has 6 heteroatoms. The van der Waals surface area contributed by atoms with Crippen LogP contribution in [0.5, 0.6) is 11.8 Å². The monoisotopic (exact) mass is 376 g/mol. The van der Waals surface area contributed by atoms with Gasteiger partial charge in [0.25, 0.3) is 0 Å². The van der Waals surface area contributed by atoms with E-state index in [9.17, 15) is 0 Å². The minimum absolute atomic E-state index is 0.0448. The third-order valence-electron chi connectivity index (χ3n) is 5.24. The van der Waals surface area contributed by atoms with Gasteiger partial charge in [0, 0.05) is 41.7 Å². The van der Waals surface area contributed by atoms with Crippen molar-refractivity contribution >= 4 is 17.4 Å². The van der Waals surface area contributed by atoms with E-state index in [-0.39, 0.29) is 5.41 Å². The van der Waals surface area contributed by atoms with E-state index in [0.717, 1.165) is 46.9 Å². The molecule has 5 nitrogen and oxygen atoms in total. The van der Waals surface area contributed by atoms with Crippen LogP contribution in [0.25, 0.3) is 11.1 Å². The van der Waals surface area contributed by atoms with Gasteiger partial charge in [-0.15, -0.1) is 0 Å². The van der Waals surface area contributed by atoms with Gasteiger partial charge in [0.1, 0.15) is 11.6 Å². The van der Waals surface area contributed by atoms with E-state index in [4.69, 9.17) is 16.3 Å². The largest absolute Gasteiger partial charge is 0.424 e. The maximum atomic E-state index is 6.87. The van der Waals surface area contributed by atoms with Crippen LogP contribution in [0.2, 0.25) is 5.02 Å². The van der Waals surface area contributed by atoms with Gasteiger partial charge in [-0.25, -0.2) is 15.0 Å². The number of fused-ring (bicyclic) bond motifs is 2. The zero-order valence-corrected chi connectivity index (χ0v) is 15.3. The average Bonchev–Trinajstić information content (AvgIpc) is 3.32. The Labute approximate surface area is 162 Å².